The molecule has 23 heavy (non-hydrogen) atoms. The molecule has 2 aromatic carbocycles. The minimum atomic E-state index is 0.400. The van der Waals surface area contributed by atoms with Gasteiger partial charge in [-0.15, -0.1) is 0 Å². The fourth-order valence-electron chi connectivity index (χ4n) is 4.06. The lowest BCUT2D eigenvalue weighted by Gasteiger charge is -2.08. The van der Waals surface area contributed by atoms with Crippen molar-refractivity contribution in [3.8, 4) is 5.69 Å². The maximum Gasteiger partial charge on any atom is 0.125 e. The molecule has 1 aliphatic carbocycles. The summed E-state index contributed by atoms with van der Waals surface area (Å²) in [6.07, 6.45) is 4.66. The van der Waals surface area contributed by atoms with Crippen LogP contribution in [0.1, 0.15) is 24.3 Å². The average molecular weight is 302 g/mol. The van der Waals surface area contributed by atoms with E-state index < -0.39 is 0 Å². The van der Waals surface area contributed by atoms with Gasteiger partial charge in [-0.1, -0.05) is 41.6 Å². The van der Waals surface area contributed by atoms with Gasteiger partial charge in [-0.2, -0.15) is 0 Å². The lowest BCUT2D eigenvalue weighted by atomic mass is 9.94. The van der Waals surface area contributed by atoms with E-state index >= 15 is 0 Å². The molecule has 114 valence electrons. The summed E-state index contributed by atoms with van der Waals surface area (Å²) < 4.78 is 2.30. The van der Waals surface area contributed by atoms with Gasteiger partial charge >= 0.3 is 0 Å². The maximum atomic E-state index is 5.35. The van der Waals surface area contributed by atoms with Gasteiger partial charge in [0.05, 0.1) is 11.2 Å². The molecule has 2 atom stereocenters. The highest BCUT2D eigenvalue weighted by Gasteiger charge is 2.38. The summed E-state index contributed by atoms with van der Waals surface area (Å²) in [5.74, 6) is 0.927. The molecule has 0 amide bonds. The van der Waals surface area contributed by atoms with E-state index in [0.29, 0.717) is 11.8 Å². The molecule has 3 nitrogen and oxygen atoms in total. The second-order valence-corrected chi connectivity index (χ2v) is 6.45. The summed E-state index contributed by atoms with van der Waals surface area (Å²) in [6.45, 7) is 0.767. The van der Waals surface area contributed by atoms with E-state index in [-0.39, 0.29) is 0 Å². The van der Waals surface area contributed by atoms with Crippen LogP contribution >= 0.6 is 0 Å². The average Bonchev–Trinajstić information content (AvgIpc) is 3.29. The molecule has 2 aliphatic rings. The number of hydrogen-bond acceptors (Lipinski definition) is 2. The fraction of sp³-hybridized carbons (Fsp3) is 0.250. The fourth-order valence-corrected chi connectivity index (χ4v) is 4.06. The first kappa shape index (κ1) is 12.9. The molecule has 3 heteroatoms. The molecule has 0 radical (unpaired) electrons. The number of para-hydroxylation sites is 2. The Morgan fingerprint density at radius 3 is 2.70 bits per heavy atom. The standard InChI is InChI=1S/C20H18N2O/c1-2-6-15(7-3-1)22-12-18(16-8-4-5-9-19(16)22)17-11-10-14-13-23-21-20(14)17/h1-9,12,14,17H,10-11,13H2/t14-,17+/m1/s1. The summed E-state index contributed by atoms with van der Waals surface area (Å²) in [7, 11) is 0. The summed E-state index contributed by atoms with van der Waals surface area (Å²) in [6, 6.07) is 19.2. The molecule has 3 aromatic rings. The molecule has 0 spiro atoms. The molecule has 1 aliphatic heterocycles. The van der Waals surface area contributed by atoms with Gasteiger partial charge in [-0.05, 0) is 36.6 Å². The Morgan fingerprint density at radius 2 is 1.78 bits per heavy atom. The first-order valence-corrected chi connectivity index (χ1v) is 8.27. The minimum Gasteiger partial charge on any atom is -0.395 e. The second-order valence-electron chi connectivity index (χ2n) is 6.45. The molecule has 1 fully saturated rings. The summed E-state index contributed by atoms with van der Waals surface area (Å²) in [5, 5.41) is 5.68. The van der Waals surface area contributed by atoms with Gasteiger partial charge in [-0.3, -0.25) is 0 Å². The van der Waals surface area contributed by atoms with Crippen LogP contribution in [0.4, 0.5) is 0 Å². The Balaban J connectivity index is 1.71. The molecular weight excluding hydrogens is 284 g/mol. The third-order valence-corrected chi connectivity index (χ3v) is 5.18. The number of fused-ring (bicyclic) bond motifs is 2. The van der Waals surface area contributed by atoms with Crippen molar-refractivity contribution in [2.24, 2.45) is 11.1 Å². The van der Waals surface area contributed by atoms with E-state index in [4.69, 9.17) is 4.84 Å². The number of nitrogens with zero attached hydrogens (tertiary/aromatic N) is 2. The van der Waals surface area contributed by atoms with Crippen molar-refractivity contribution in [1.82, 2.24) is 4.57 Å². The number of aromatic nitrogens is 1. The van der Waals surface area contributed by atoms with Crippen LogP contribution < -0.4 is 0 Å². The van der Waals surface area contributed by atoms with Crippen molar-refractivity contribution < 1.29 is 4.84 Å². The van der Waals surface area contributed by atoms with Crippen LogP contribution in [0.3, 0.4) is 0 Å². The van der Waals surface area contributed by atoms with Gasteiger partial charge in [0.2, 0.25) is 0 Å². The van der Waals surface area contributed by atoms with Gasteiger partial charge in [0.15, 0.2) is 0 Å². The third-order valence-electron chi connectivity index (χ3n) is 5.18. The van der Waals surface area contributed by atoms with Crippen LogP contribution in [0.15, 0.2) is 65.9 Å². The van der Waals surface area contributed by atoms with E-state index in [2.05, 4.69) is 70.5 Å². The summed E-state index contributed by atoms with van der Waals surface area (Å²) in [4.78, 5) is 5.35. The predicted molar refractivity (Wildman–Crippen MR) is 92.1 cm³/mol. The zero-order valence-electron chi connectivity index (χ0n) is 12.9. The van der Waals surface area contributed by atoms with Crippen molar-refractivity contribution in [1.29, 1.82) is 0 Å². The quantitative estimate of drug-likeness (QED) is 0.684. The van der Waals surface area contributed by atoms with E-state index in [1.807, 2.05) is 0 Å². The SMILES string of the molecule is c1ccc(-n2cc([C@@H]3CC[C@@H]4CON=C43)c3ccccc32)cc1. The minimum absolute atomic E-state index is 0.400. The van der Waals surface area contributed by atoms with Gasteiger partial charge in [0.1, 0.15) is 6.61 Å². The molecule has 5 rings (SSSR count). The Morgan fingerprint density at radius 1 is 0.957 bits per heavy atom. The predicted octanol–water partition coefficient (Wildman–Crippen LogP) is 4.51. The van der Waals surface area contributed by atoms with Gasteiger partial charge in [-0.25, -0.2) is 0 Å². The lowest BCUT2D eigenvalue weighted by molar-refractivity contribution is 0.151. The highest BCUT2D eigenvalue weighted by Crippen LogP contribution is 2.42. The van der Waals surface area contributed by atoms with Crippen LogP contribution in [-0.4, -0.2) is 16.9 Å². The van der Waals surface area contributed by atoms with Crippen LogP contribution in [0.2, 0.25) is 0 Å². The smallest absolute Gasteiger partial charge is 0.125 e. The molecule has 0 unspecified atom stereocenters. The Labute approximate surface area is 135 Å². The zero-order chi connectivity index (χ0) is 15.2. The summed E-state index contributed by atoms with van der Waals surface area (Å²) in [5.41, 5.74) is 5.10. The van der Waals surface area contributed by atoms with E-state index in [1.54, 1.807) is 0 Å². The zero-order valence-corrected chi connectivity index (χ0v) is 12.9. The molecule has 0 bridgehead atoms. The van der Waals surface area contributed by atoms with Crippen LogP contribution in [0.5, 0.6) is 0 Å². The van der Waals surface area contributed by atoms with Gasteiger partial charge in [0.25, 0.3) is 0 Å². The highest BCUT2D eigenvalue weighted by molar-refractivity contribution is 5.99. The van der Waals surface area contributed by atoms with Crippen LogP contribution in [0, 0.1) is 5.92 Å². The van der Waals surface area contributed by atoms with Gasteiger partial charge < -0.3 is 9.40 Å². The van der Waals surface area contributed by atoms with Crippen molar-refractivity contribution in [2.75, 3.05) is 6.61 Å². The molecular formula is C20H18N2O. The van der Waals surface area contributed by atoms with Crippen molar-refractivity contribution in [2.45, 2.75) is 18.8 Å². The topological polar surface area (TPSA) is 26.5 Å². The maximum absolute atomic E-state index is 5.35. The van der Waals surface area contributed by atoms with Crippen molar-refractivity contribution in [3.63, 3.8) is 0 Å². The van der Waals surface area contributed by atoms with E-state index in [1.165, 1.54) is 40.7 Å². The molecule has 2 heterocycles. The van der Waals surface area contributed by atoms with Gasteiger partial charge in [0, 0.05) is 29.1 Å². The molecule has 1 aromatic heterocycles. The summed E-state index contributed by atoms with van der Waals surface area (Å²) >= 11 is 0. The molecule has 0 N–H and O–H groups in total. The van der Waals surface area contributed by atoms with Crippen molar-refractivity contribution >= 4 is 16.6 Å². The highest BCUT2D eigenvalue weighted by atomic mass is 16.6. The Hall–Kier alpha value is -2.55. The first-order valence-electron chi connectivity index (χ1n) is 8.27. The van der Waals surface area contributed by atoms with E-state index in [0.717, 1.165) is 6.61 Å². The third kappa shape index (κ3) is 1.93. The largest absolute Gasteiger partial charge is 0.395 e. The Kier molecular flexibility index (Phi) is 2.80. The monoisotopic (exact) mass is 302 g/mol. The molecule has 1 saturated carbocycles. The lowest BCUT2D eigenvalue weighted by Crippen LogP contribution is -2.10. The van der Waals surface area contributed by atoms with E-state index in [9.17, 15) is 0 Å². The van der Waals surface area contributed by atoms with Crippen LogP contribution in [0.25, 0.3) is 16.6 Å². The number of rotatable bonds is 2. The number of benzene rings is 2. The normalized spacial score (nSPS) is 22.9. The molecule has 0 saturated heterocycles. The van der Waals surface area contributed by atoms with Crippen LogP contribution in [-0.2, 0) is 4.84 Å². The number of oxime groups is 1. The second kappa shape index (κ2) is 4.98. The first-order chi connectivity index (χ1) is 11.4. The number of hydrogen-bond donors (Lipinski definition) is 0. The Bertz CT molecular complexity index is 894. The van der Waals surface area contributed by atoms with Crippen molar-refractivity contribution in [3.05, 3.63) is 66.4 Å².